The highest BCUT2D eigenvalue weighted by atomic mass is 35.5. The molecule has 2 aromatic rings. The molecule has 102 valence electrons. The van der Waals surface area contributed by atoms with Gasteiger partial charge in [-0.05, 0) is 25.1 Å². The molecule has 0 aromatic carbocycles. The first-order valence-electron chi connectivity index (χ1n) is 5.96. The Bertz CT molecular complexity index is 542. The summed E-state index contributed by atoms with van der Waals surface area (Å²) >= 11 is 13.6. The summed E-state index contributed by atoms with van der Waals surface area (Å²) in [5.74, 6) is 0.667. The molecular formula is C13H15Cl2N3S. The summed E-state index contributed by atoms with van der Waals surface area (Å²) in [4.78, 5) is 6.82. The van der Waals surface area contributed by atoms with E-state index in [0.29, 0.717) is 15.9 Å². The molecule has 0 aliphatic rings. The van der Waals surface area contributed by atoms with Crippen LogP contribution in [0.1, 0.15) is 9.75 Å². The average Bonchev–Trinajstić information content (AvgIpc) is 2.77. The van der Waals surface area contributed by atoms with E-state index in [4.69, 9.17) is 23.2 Å². The Balaban J connectivity index is 1.69. The van der Waals surface area contributed by atoms with Gasteiger partial charge in [-0.1, -0.05) is 23.2 Å². The highest BCUT2D eigenvalue weighted by Gasteiger charge is 2.01. The molecule has 0 bridgehead atoms. The van der Waals surface area contributed by atoms with E-state index < -0.39 is 0 Å². The van der Waals surface area contributed by atoms with Gasteiger partial charge in [-0.15, -0.1) is 11.3 Å². The van der Waals surface area contributed by atoms with Crippen molar-refractivity contribution >= 4 is 40.4 Å². The predicted molar refractivity (Wildman–Crippen MR) is 83.5 cm³/mol. The van der Waals surface area contributed by atoms with Crippen LogP contribution in [0.4, 0.5) is 5.82 Å². The predicted octanol–water partition coefficient (Wildman–Crippen LogP) is 3.96. The first kappa shape index (κ1) is 14.6. The number of nitrogens with zero attached hydrogens (tertiary/aromatic N) is 1. The van der Waals surface area contributed by atoms with Gasteiger partial charge in [0.1, 0.15) is 5.82 Å². The maximum absolute atomic E-state index is 6.01. The average molecular weight is 316 g/mol. The number of nitrogens with one attached hydrogen (secondary N) is 2. The van der Waals surface area contributed by atoms with Crippen molar-refractivity contribution in [2.24, 2.45) is 0 Å². The van der Waals surface area contributed by atoms with E-state index in [9.17, 15) is 0 Å². The fourth-order valence-electron chi connectivity index (χ4n) is 1.61. The third-order valence-electron chi connectivity index (χ3n) is 2.50. The summed E-state index contributed by atoms with van der Waals surface area (Å²) in [6.07, 6.45) is 1.58. The van der Waals surface area contributed by atoms with E-state index in [0.717, 1.165) is 19.6 Å². The molecule has 2 aromatic heterocycles. The summed E-state index contributed by atoms with van der Waals surface area (Å²) in [6.45, 7) is 4.61. The number of hydrogen-bond donors (Lipinski definition) is 2. The molecule has 2 N–H and O–H groups in total. The van der Waals surface area contributed by atoms with Gasteiger partial charge in [0, 0.05) is 35.6 Å². The van der Waals surface area contributed by atoms with Crippen molar-refractivity contribution in [3.05, 3.63) is 44.2 Å². The molecule has 0 spiro atoms. The van der Waals surface area contributed by atoms with Crippen LogP contribution in [0.25, 0.3) is 0 Å². The maximum atomic E-state index is 6.01. The van der Waals surface area contributed by atoms with Crippen molar-refractivity contribution in [1.29, 1.82) is 0 Å². The van der Waals surface area contributed by atoms with Crippen LogP contribution in [-0.4, -0.2) is 18.1 Å². The third-order valence-corrected chi connectivity index (χ3v) is 3.99. The SMILES string of the molecule is Cc1ccc(CNCCNc2ncc(Cl)cc2Cl)s1. The van der Waals surface area contributed by atoms with Gasteiger partial charge in [0.2, 0.25) is 0 Å². The Labute approximate surface area is 127 Å². The summed E-state index contributed by atoms with van der Waals surface area (Å²) < 4.78 is 0. The molecule has 0 radical (unpaired) electrons. The van der Waals surface area contributed by atoms with Gasteiger partial charge >= 0.3 is 0 Å². The van der Waals surface area contributed by atoms with E-state index in [1.807, 2.05) is 11.3 Å². The molecule has 0 amide bonds. The minimum Gasteiger partial charge on any atom is -0.368 e. The molecule has 2 rings (SSSR count). The van der Waals surface area contributed by atoms with Crippen molar-refractivity contribution in [3.8, 4) is 0 Å². The maximum Gasteiger partial charge on any atom is 0.144 e. The van der Waals surface area contributed by atoms with E-state index >= 15 is 0 Å². The monoisotopic (exact) mass is 315 g/mol. The Morgan fingerprint density at radius 3 is 2.79 bits per heavy atom. The number of anilines is 1. The van der Waals surface area contributed by atoms with Gasteiger partial charge < -0.3 is 10.6 Å². The third kappa shape index (κ3) is 4.66. The quantitative estimate of drug-likeness (QED) is 0.792. The van der Waals surface area contributed by atoms with Crippen molar-refractivity contribution in [3.63, 3.8) is 0 Å². The van der Waals surface area contributed by atoms with E-state index in [2.05, 4.69) is 34.7 Å². The summed E-state index contributed by atoms with van der Waals surface area (Å²) in [5.41, 5.74) is 0. The lowest BCUT2D eigenvalue weighted by molar-refractivity contribution is 0.713. The zero-order valence-electron chi connectivity index (χ0n) is 10.5. The normalized spacial score (nSPS) is 10.7. The molecule has 0 fully saturated rings. The number of pyridine rings is 1. The molecule has 6 heteroatoms. The highest BCUT2D eigenvalue weighted by Crippen LogP contribution is 2.22. The first-order valence-corrected chi connectivity index (χ1v) is 7.53. The van der Waals surface area contributed by atoms with Crippen LogP contribution >= 0.6 is 34.5 Å². The molecule has 0 saturated heterocycles. The van der Waals surface area contributed by atoms with Crippen molar-refractivity contribution in [1.82, 2.24) is 10.3 Å². The first-order chi connectivity index (χ1) is 9.15. The van der Waals surface area contributed by atoms with Gasteiger partial charge in [0.15, 0.2) is 0 Å². The second kappa shape index (κ2) is 7.10. The topological polar surface area (TPSA) is 37.0 Å². The largest absolute Gasteiger partial charge is 0.368 e. The number of aromatic nitrogens is 1. The van der Waals surface area contributed by atoms with E-state index in [-0.39, 0.29) is 0 Å². The molecular weight excluding hydrogens is 301 g/mol. The molecule has 19 heavy (non-hydrogen) atoms. The van der Waals surface area contributed by atoms with Crippen molar-refractivity contribution in [2.45, 2.75) is 13.5 Å². The number of hydrogen-bond acceptors (Lipinski definition) is 4. The number of thiophene rings is 1. The van der Waals surface area contributed by atoms with E-state index in [1.165, 1.54) is 9.75 Å². The molecule has 0 saturated carbocycles. The Morgan fingerprint density at radius 2 is 2.11 bits per heavy atom. The summed E-state index contributed by atoms with van der Waals surface area (Å²) in [6, 6.07) is 5.97. The molecule has 3 nitrogen and oxygen atoms in total. The van der Waals surface area contributed by atoms with Crippen LogP contribution < -0.4 is 10.6 Å². The second-order valence-electron chi connectivity index (χ2n) is 4.10. The minimum atomic E-state index is 0.543. The van der Waals surface area contributed by atoms with Crippen molar-refractivity contribution < 1.29 is 0 Å². The Kier molecular flexibility index (Phi) is 5.45. The van der Waals surface area contributed by atoms with Gasteiger partial charge in [0.05, 0.1) is 10.0 Å². The van der Waals surface area contributed by atoms with Crippen LogP contribution in [0, 0.1) is 6.92 Å². The van der Waals surface area contributed by atoms with Crippen LogP contribution in [0.3, 0.4) is 0 Å². The lowest BCUT2D eigenvalue weighted by Crippen LogP contribution is -2.21. The zero-order chi connectivity index (χ0) is 13.7. The van der Waals surface area contributed by atoms with Gasteiger partial charge in [-0.25, -0.2) is 4.98 Å². The lowest BCUT2D eigenvalue weighted by atomic mass is 10.4. The number of halogens is 2. The lowest BCUT2D eigenvalue weighted by Gasteiger charge is -2.08. The molecule has 0 unspecified atom stereocenters. The molecule has 0 atom stereocenters. The second-order valence-corrected chi connectivity index (χ2v) is 6.32. The molecule has 2 heterocycles. The van der Waals surface area contributed by atoms with E-state index in [1.54, 1.807) is 12.3 Å². The fourth-order valence-corrected chi connectivity index (χ4v) is 2.91. The van der Waals surface area contributed by atoms with Crippen molar-refractivity contribution in [2.75, 3.05) is 18.4 Å². The van der Waals surface area contributed by atoms with Crippen LogP contribution in [0.2, 0.25) is 10.0 Å². The van der Waals surface area contributed by atoms with Gasteiger partial charge in [0.25, 0.3) is 0 Å². The van der Waals surface area contributed by atoms with Crippen LogP contribution in [-0.2, 0) is 6.54 Å². The summed E-state index contributed by atoms with van der Waals surface area (Å²) in [5, 5.41) is 7.62. The number of aryl methyl sites for hydroxylation is 1. The Hall–Kier alpha value is -0.810. The summed E-state index contributed by atoms with van der Waals surface area (Å²) in [7, 11) is 0. The smallest absolute Gasteiger partial charge is 0.144 e. The van der Waals surface area contributed by atoms with Crippen LogP contribution in [0.5, 0.6) is 0 Å². The zero-order valence-corrected chi connectivity index (χ0v) is 12.9. The molecule has 0 aliphatic carbocycles. The minimum absolute atomic E-state index is 0.543. The van der Waals surface area contributed by atoms with Gasteiger partial charge in [-0.3, -0.25) is 0 Å². The number of rotatable bonds is 6. The van der Waals surface area contributed by atoms with Gasteiger partial charge in [-0.2, -0.15) is 0 Å². The standard InChI is InChI=1S/C13H15Cl2N3S/c1-9-2-3-11(19-9)8-16-4-5-17-13-12(15)6-10(14)7-18-13/h2-3,6-7,16H,4-5,8H2,1H3,(H,17,18). The van der Waals surface area contributed by atoms with Crippen LogP contribution in [0.15, 0.2) is 24.4 Å². The molecule has 0 aliphatic heterocycles. The fraction of sp³-hybridized carbons (Fsp3) is 0.308. The Morgan fingerprint density at radius 1 is 1.26 bits per heavy atom. The highest BCUT2D eigenvalue weighted by molar-refractivity contribution is 7.11.